The molecule has 0 aliphatic rings. The number of halogens is 1. The topological polar surface area (TPSA) is 181 Å². The average Bonchev–Trinajstić information content (AvgIpc) is 3.25. The van der Waals surface area contributed by atoms with Crippen LogP contribution in [0.5, 0.6) is 5.75 Å². The van der Waals surface area contributed by atoms with Crippen LogP contribution in [0.15, 0.2) is 35.6 Å². The largest absolute Gasteiger partial charge is 0.494 e. The Hall–Kier alpha value is -3.80. The fourth-order valence-corrected chi connectivity index (χ4v) is 5.73. The summed E-state index contributed by atoms with van der Waals surface area (Å²) in [6.45, 7) is 7.66. The quantitative estimate of drug-likeness (QED) is 0.0524. The summed E-state index contributed by atoms with van der Waals surface area (Å²) < 4.78 is 7.70. The van der Waals surface area contributed by atoms with Crippen LogP contribution in [0.25, 0.3) is 11.2 Å². The van der Waals surface area contributed by atoms with Crippen LogP contribution in [-0.4, -0.2) is 49.4 Å². The Bertz CT molecular complexity index is 1550. The number of hydrazone groups is 1. The summed E-state index contributed by atoms with van der Waals surface area (Å²) in [6.07, 6.45) is 1.94. The summed E-state index contributed by atoms with van der Waals surface area (Å²) in [5.74, 6) is 8.04. The minimum absolute atomic E-state index is 0.199. The molecule has 4 rings (SSSR count). The maximum absolute atomic E-state index is 9.33. The molecule has 0 saturated heterocycles. The number of para-hydroxylation sites is 1. The zero-order valence-electron chi connectivity index (χ0n) is 22.4. The number of nitrogens with zero attached hydrogens (tertiary/aromatic N) is 8. The van der Waals surface area contributed by atoms with Gasteiger partial charge < -0.3 is 21.1 Å². The monoisotopic (exact) mass is 660 g/mol. The molecule has 0 aliphatic carbocycles. The molecule has 0 bridgehead atoms. The molecular weight excluding hydrogens is 630 g/mol. The van der Waals surface area contributed by atoms with Gasteiger partial charge in [-0.3, -0.25) is 9.32 Å². The average molecular weight is 660 g/mol. The molecule has 0 saturated carbocycles. The lowest BCUT2D eigenvalue weighted by molar-refractivity contribution is 0.371. The van der Waals surface area contributed by atoms with Gasteiger partial charge in [-0.25, -0.2) is 25.9 Å². The first kappa shape index (κ1) is 29.8. The third kappa shape index (κ3) is 6.62. The Morgan fingerprint density at radius 3 is 2.56 bits per heavy atom. The fraction of sp³-hybridized carbons (Fsp3) is 0.250. The van der Waals surface area contributed by atoms with Crippen LogP contribution in [0.3, 0.4) is 0 Å². The van der Waals surface area contributed by atoms with E-state index in [0.29, 0.717) is 57.6 Å². The molecule has 1 unspecified atom stereocenters. The molecular formula is C24H30IN12OP. The number of hydrogen-bond donors (Lipinski definition) is 4. The predicted octanol–water partition coefficient (Wildman–Crippen LogP) is 4.45. The van der Waals surface area contributed by atoms with Crippen molar-refractivity contribution in [2.24, 2.45) is 16.7 Å². The number of nitrogens with two attached hydrogens (primary N) is 2. The summed E-state index contributed by atoms with van der Waals surface area (Å²) >= 11 is 2.29. The molecule has 6 N–H and O–H groups in total. The second-order valence-corrected chi connectivity index (χ2v) is 9.87. The first-order valence-electron chi connectivity index (χ1n) is 11.8. The number of nitriles is 1. The van der Waals surface area contributed by atoms with Crippen molar-refractivity contribution in [3.63, 3.8) is 0 Å². The number of methoxy groups -OCH3 is 1. The summed E-state index contributed by atoms with van der Waals surface area (Å²) in [6, 6.07) is 9.34. The number of aromatic nitrogens is 5. The summed E-state index contributed by atoms with van der Waals surface area (Å²) in [5.41, 5.74) is 10.2. The number of pyridine rings is 1. The highest BCUT2D eigenvalue weighted by Gasteiger charge is 2.18. The lowest BCUT2D eigenvalue weighted by Crippen LogP contribution is -2.26. The lowest BCUT2D eigenvalue weighted by Gasteiger charge is -2.16. The third-order valence-corrected chi connectivity index (χ3v) is 7.37. The summed E-state index contributed by atoms with van der Waals surface area (Å²) in [4.78, 5) is 18.1. The Kier molecular flexibility index (Phi) is 10.2. The number of hydrazine groups is 1. The number of rotatable bonds is 8. The number of nitrogens with one attached hydrogen (secondary N) is 2. The van der Waals surface area contributed by atoms with Crippen molar-refractivity contribution in [2.45, 2.75) is 27.7 Å². The predicted molar refractivity (Wildman–Crippen MR) is 165 cm³/mol. The standard InChI is InChI=1S/C22H24IN12OP.C2H6/c1-11-16(9-24)30-18(10-27-11)31-17-8-15(19-22(32-17)35(37-23)12(2)28-19)29-14-7-5-6-13(20(14)36-4)21(25)33-34(3)26;1-2/h5-8,10,37H,26H2,1-4H3,(H2,25,33)(H2,29,30,31,32);1-2H3. The highest BCUT2D eigenvalue weighted by Crippen LogP contribution is 2.38. The van der Waals surface area contributed by atoms with Crippen molar-refractivity contribution < 1.29 is 4.74 Å². The van der Waals surface area contributed by atoms with E-state index in [9.17, 15) is 5.26 Å². The molecule has 0 fully saturated rings. The highest BCUT2D eigenvalue weighted by molar-refractivity contribution is 14.2. The zero-order valence-corrected chi connectivity index (χ0v) is 25.6. The smallest absolute Gasteiger partial charge is 0.168 e. The van der Waals surface area contributed by atoms with E-state index in [2.05, 4.69) is 53.8 Å². The van der Waals surface area contributed by atoms with Crippen molar-refractivity contribution in [1.29, 1.82) is 5.26 Å². The molecule has 4 aromatic rings. The first-order chi connectivity index (χ1) is 18.7. The number of fused-ring (bicyclic) bond motifs is 1. The van der Waals surface area contributed by atoms with Gasteiger partial charge in [0.25, 0.3) is 0 Å². The van der Waals surface area contributed by atoms with Crippen LogP contribution in [0.1, 0.15) is 36.6 Å². The van der Waals surface area contributed by atoms with E-state index in [-0.39, 0.29) is 11.5 Å². The lowest BCUT2D eigenvalue weighted by atomic mass is 10.1. The van der Waals surface area contributed by atoms with Crippen molar-refractivity contribution >= 4 is 68.4 Å². The molecule has 3 aromatic heterocycles. The second kappa shape index (κ2) is 13.3. The Morgan fingerprint density at radius 1 is 1.18 bits per heavy atom. The van der Waals surface area contributed by atoms with E-state index in [0.717, 1.165) is 10.9 Å². The van der Waals surface area contributed by atoms with Gasteiger partial charge >= 0.3 is 0 Å². The SMILES string of the molecule is CC.COc1c(Nc2cc(Nc3cnc(C)c(C#N)n3)nc3c2nc(C)n3PI)cccc1/C(N)=N/N(C)N. The van der Waals surface area contributed by atoms with Gasteiger partial charge in [0, 0.05) is 13.1 Å². The van der Waals surface area contributed by atoms with Crippen LogP contribution < -0.4 is 26.9 Å². The maximum atomic E-state index is 9.33. The van der Waals surface area contributed by atoms with Crippen molar-refractivity contribution in [3.8, 4) is 11.8 Å². The van der Waals surface area contributed by atoms with Gasteiger partial charge in [0.1, 0.15) is 23.2 Å². The molecule has 0 amide bonds. The Morgan fingerprint density at radius 2 is 1.92 bits per heavy atom. The van der Waals surface area contributed by atoms with Crippen molar-refractivity contribution in [3.05, 3.63) is 53.2 Å². The first-order valence-corrected chi connectivity index (χ1v) is 15.9. The van der Waals surface area contributed by atoms with E-state index in [1.807, 2.05) is 37.2 Å². The van der Waals surface area contributed by atoms with Gasteiger partial charge in [0.2, 0.25) is 0 Å². The minimum Gasteiger partial charge on any atom is -0.494 e. The van der Waals surface area contributed by atoms with Crippen LogP contribution >= 0.6 is 28.4 Å². The number of hydrogen-bond acceptors (Lipinski definition) is 11. The molecule has 15 heteroatoms. The number of benzene rings is 1. The number of imidazole rings is 1. The second-order valence-electron chi connectivity index (χ2n) is 7.80. The highest BCUT2D eigenvalue weighted by atomic mass is 127. The van der Waals surface area contributed by atoms with Gasteiger partial charge in [-0.2, -0.15) is 5.26 Å². The molecule has 1 aromatic carbocycles. The third-order valence-electron chi connectivity index (χ3n) is 5.22. The van der Waals surface area contributed by atoms with E-state index in [1.165, 1.54) is 0 Å². The maximum Gasteiger partial charge on any atom is 0.168 e. The molecule has 204 valence electrons. The molecule has 13 nitrogen and oxygen atoms in total. The fourth-order valence-electron chi connectivity index (χ4n) is 3.59. The normalized spacial score (nSPS) is 11.2. The van der Waals surface area contributed by atoms with Crippen LogP contribution in [-0.2, 0) is 0 Å². The molecule has 0 spiro atoms. The van der Waals surface area contributed by atoms with Gasteiger partial charge in [-0.15, -0.1) is 5.10 Å². The van der Waals surface area contributed by atoms with E-state index < -0.39 is 0 Å². The van der Waals surface area contributed by atoms with E-state index in [1.54, 1.807) is 39.4 Å². The molecule has 0 radical (unpaired) electrons. The van der Waals surface area contributed by atoms with Crippen LogP contribution in [0.4, 0.5) is 23.0 Å². The summed E-state index contributed by atoms with van der Waals surface area (Å²) in [7, 11) is 3.13. The van der Waals surface area contributed by atoms with Gasteiger partial charge in [-0.05, 0) is 48.0 Å². The van der Waals surface area contributed by atoms with E-state index in [4.69, 9.17) is 26.3 Å². The number of aryl methyl sites for hydroxylation is 2. The van der Waals surface area contributed by atoms with Crippen LogP contribution in [0.2, 0.25) is 0 Å². The van der Waals surface area contributed by atoms with Crippen LogP contribution in [0, 0.1) is 25.2 Å². The molecule has 39 heavy (non-hydrogen) atoms. The van der Waals surface area contributed by atoms with Gasteiger partial charge in [-0.1, -0.05) is 19.9 Å². The van der Waals surface area contributed by atoms with Gasteiger partial charge in [0.05, 0.1) is 42.3 Å². The number of ether oxygens (including phenoxy) is 1. The molecule has 0 aliphatic heterocycles. The minimum atomic E-state index is 0.199. The zero-order chi connectivity index (χ0) is 28.7. The Labute approximate surface area is 241 Å². The van der Waals surface area contributed by atoms with E-state index >= 15 is 0 Å². The van der Waals surface area contributed by atoms with Crippen molar-refractivity contribution in [1.82, 2.24) is 29.4 Å². The number of amidine groups is 1. The van der Waals surface area contributed by atoms with Gasteiger partial charge in [0.15, 0.2) is 28.7 Å². The number of anilines is 4. The molecule has 1 atom stereocenters. The Balaban J connectivity index is 0.00000205. The van der Waals surface area contributed by atoms with Crippen molar-refractivity contribution in [2.75, 3.05) is 24.8 Å². The molecule has 3 heterocycles. The summed E-state index contributed by atoms with van der Waals surface area (Å²) in [5, 5.41) is 21.1.